The monoisotopic (exact) mass is 258 g/mol. The van der Waals surface area contributed by atoms with E-state index in [2.05, 4.69) is 24.5 Å². The van der Waals surface area contributed by atoms with E-state index in [1.807, 2.05) is 11.8 Å². The van der Waals surface area contributed by atoms with Gasteiger partial charge in [0.15, 0.2) is 0 Å². The summed E-state index contributed by atoms with van der Waals surface area (Å²) in [6.07, 6.45) is 5.46. The third-order valence-corrected chi connectivity index (χ3v) is 4.21. The Bertz CT molecular complexity index is 217. The van der Waals surface area contributed by atoms with Crippen molar-refractivity contribution in [1.29, 1.82) is 0 Å². The summed E-state index contributed by atoms with van der Waals surface area (Å²) in [5.41, 5.74) is 0. The van der Waals surface area contributed by atoms with Crippen molar-refractivity contribution in [3.8, 4) is 0 Å². The Morgan fingerprint density at radius 1 is 1.53 bits per heavy atom. The maximum Gasteiger partial charge on any atom is 0.221 e. The average Bonchev–Trinajstić information content (AvgIpc) is 2.30. The van der Waals surface area contributed by atoms with Crippen molar-refractivity contribution in [3.63, 3.8) is 0 Å². The predicted molar refractivity (Wildman–Crippen MR) is 75.5 cm³/mol. The number of carbonyl (C=O) groups excluding carboxylic acids is 1. The molecule has 1 aliphatic heterocycles. The molecule has 1 amide bonds. The molecule has 3 nitrogen and oxygen atoms in total. The summed E-state index contributed by atoms with van der Waals surface area (Å²) in [6.45, 7) is 5.35. The minimum Gasteiger partial charge on any atom is -0.354 e. The molecule has 17 heavy (non-hydrogen) atoms. The fraction of sp³-hybridized carbons (Fsp3) is 0.923. The molecule has 0 saturated carbocycles. The van der Waals surface area contributed by atoms with Gasteiger partial charge in [0.25, 0.3) is 0 Å². The summed E-state index contributed by atoms with van der Waals surface area (Å²) in [5, 5.41) is 6.49. The van der Waals surface area contributed by atoms with E-state index in [4.69, 9.17) is 0 Å². The van der Waals surface area contributed by atoms with Crippen LogP contribution in [0.25, 0.3) is 0 Å². The predicted octanol–water partition coefficient (Wildman–Crippen LogP) is 2.17. The lowest BCUT2D eigenvalue weighted by Gasteiger charge is -2.23. The minimum absolute atomic E-state index is 0.203. The largest absolute Gasteiger partial charge is 0.354 e. The number of thioether (sulfide) groups is 1. The van der Waals surface area contributed by atoms with Crippen molar-refractivity contribution in [2.24, 2.45) is 0 Å². The highest BCUT2D eigenvalue weighted by molar-refractivity contribution is 7.99. The standard InChI is InChI=1S/C13H26N2OS/c1-3-4-5-6-11(2)15-13(16)9-12-10-17-8-7-14-12/h11-12,14H,3-10H2,1-2H3,(H,15,16). The van der Waals surface area contributed by atoms with Crippen LogP contribution >= 0.6 is 11.8 Å². The summed E-state index contributed by atoms with van der Waals surface area (Å²) in [5.74, 6) is 2.44. The van der Waals surface area contributed by atoms with Crippen molar-refractivity contribution in [1.82, 2.24) is 10.6 Å². The summed E-state index contributed by atoms with van der Waals surface area (Å²) < 4.78 is 0. The molecule has 1 aliphatic rings. The summed E-state index contributed by atoms with van der Waals surface area (Å²) in [7, 11) is 0. The van der Waals surface area contributed by atoms with E-state index >= 15 is 0 Å². The highest BCUT2D eigenvalue weighted by atomic mass is 32.2. The van der Waals surface area contributed by atoms with Gasteiger partial charge in [-0.2, -0.15) is 11.8 Å². The zero-order chi connectivity index (χ0) is 12.5. The van der Waals surface area contributed by atoms with Gasteiger partial charge in [-0.1, -0.05) is 26.2 Å². The van der Waals surface area contributed by atoms with E-state index < -0.39 is 0 Å². The molecule has 2 unspecified atom stereocenters. The van der Waals surface area contributed by atoms with Gasteiger partial charge < -0.3 is 10.6 Å². The van der Waals surface area contributed by atoms with Crippen LogP contribution in [-0.2, 0) is 4.79 Å². The second-order valence-electron chi connectivity index (χ2n) is 4.89. The van der Waals surface area contributed by atoms with Gasteiger partial charge in [-0.3, -0.25) is 4.79 Å². The van der Waals surface area contributed by atoms with Crippen LogP contribution in [0.2, 0.25) is 0 Å². The average molecular weight is 258 g/mol. The van der Waals surface area contributed by atoms with Crippen LogP contribution in [-0.4, -0.2) is 36.0 Å². The quantitative estimate of drug-likeness (QED) is 0.688. The van der Waals surface area contributed by atoms with E-state index in [9.17, 15) is 4.79 Å². The number of hydrogen-bond donors (Lipinski definition) is 2. The van der Waals surface area contributed by atoms with E-state index in [-0.39, 0.29) is 5.91 Å². The molecule has 1 saturated heterocycles. The summed E-state index contributed by atoms with van der Waals surface area (Å²) in [6, 6.07) is 0.696. The maximum atomic E-state index is 11.8. The molecular weight excluding hydrogens is 232 g/mol. The lowest BCUT2D eigenvalue weighted by Crippen LogP contribution is -2.43. The smallest absolute Gasteiger partial charge is 0.221 e. The van der Waals surface area contributed by atoms with Crippen LogP contribution in [0.3, 0.4) is 0 Å². The van der Waals surface area contributed by atoms with Crippen LogP contribution in [0.1, 0.15) is 46.0 Å². The van der Waals surface area contributed by atoms with Gasteiger partial charge in [-0.15, -0.1) is 0 Å². The number of carbonyl (C=O) groups is 1. The third-order valence-electron chi connectivity index (χ3n) is 3.08. The van der Waals surface area contributed by atoms with Crippen LogP contribution < -0.4 is 10.6 Å². The Morgan fingerprint density at radius 3 is 3.00 bits per heavy atom. The zero-order valence-corrected chi connectivity index (χ0v) is 11.9. The molecule has 1 heterocycles. The maximum absolute atomic E-state index is 11.8. The highest BCUT2D eigenvalue weighted by Crippen LogP contribution is 2.10. The third kappa shape index (κ3) is 6.94. The second kappa shape index (κ2) is 8.81. The molecule has 0 bridgehead atoms. The van der Waals surface area contributed by atoms with Gasteiger partial charge in [-0.05, 0) is 13.3 Å². The number of unbranched alkanes of at least 4 members (excludes halogenated alkanes) is 2. The van der Waals surface area contributed by atoms with E-state index in [0.717, 1.165) is 18.7 Å². The van der Waals surface area contributed by atoms with Crippen LogP contribution in [0.5, 0.6) is 0 Å². The van der Waals surface area contributed by atoms with Gasteiger partial charge in [0.05, 0.1) is 0 Å². The van der Waals surface area contributed by atoms with Gasteiger partial charge >= 0.3 is 0 Å². The molecule has 0 radical (unpaired) electrons. The molecule has 0 aliphatic carbocycles. The Kier molecular flexibility index (Phi) is 7.69. The van der Waals surface area contributed by atoms with E-state index in [1.54, 1.807) is 0 Å². The SMILES string of the molecule is CCCCCC(C)NC(=O)CC1CSCCN1. The topological polar surface area (TPSA) is 41.1 Å². The first kappa shape index (κ1) is 14.8. The summed E-state index contributed by atoms with van der Waals surface area (Å²) in [4.78, 5) is 11.8. The minimum atomic E-state index is 0.203. The van der Waals surface area contributed by atoms with Crippen LogP contribution in [0, 0.1) is 0 Å². The van der Waals surface area contributed by atoms with Crippen molar-refractivity contribution in [3.05, 3.63) is 0 Å². The molecule has 1 rings (SSSR count). The van der Waals surface area contributed by atoms with Gasteiger partial charge in [0.2, 0.25) is 5.91 Å². The fourth-order valence-corrected chi connectivity index (χ4v) is 3.03. The molecule has 100 valence electrons. The van der Waals surface area contributed by atoms with Crippen LogP contribution in [0.15, 0.2) is 0 Å². The Hall–Kier alpha value is -0.220. The molecule has 2 N–H and O–H groups in total. The fourth-order valence-electron chi connectivity index (χ4n) is 2.08. The van der Waals surface area contributed by atoms with Gasteiger partial charge in [0.1, 0.15) is 0 Å². The Morgan fingerprint density at radius 2 is 2.35 bits per heavy atom. The first-order valence-corrected chi connectivity index (χ1v) is 7.98. The molecule has 0 spiro atoms. The molecule has 0 aromatic heterocycles. The lowest BCUT2D eigenvalue weighted by molar-refractivity contribution is -0.122. The van der Waals surface area contributed by atoms with Gasteiger partial charge in [0, 0.05) is 36.6 Å². The van der Waals surface area contributed by atoms with Crippen molar-refractivity contribution in [2.75, 3.05) is 18.1 Å². The second-order valence-corrected chi connectivity index (χ2v) is 6.04. The van der Waals surface area contributed by atoms with Gasteiger partial charge in [-0.25, -0.2) is 0 Å². The highest BCUT2D eigenvalue weighted by Gasteiger charge is 2.17. The van der Waals surface area contributed by atoms with Crippen molar-refractivity contribution >= 4 is 17.7 Å². The molecule has 4 heteroatoms. The molecular formula is C13H26N2OS. The normalized spacial score (nSPS) is 22.1. The Labute approximate surface area is 109 Å². The zero-order valence-electron chi connectivity index (χ0n) is 11.1. The first-order chi connectivity index (χ1) is 8.22. The molecule has 0 aromatic carbocycles. The number of nitrogens with one attached hydrogen (secondary N) is 2. The van der Waals surface area contributed by atoms with Crippen LogP contribution in [0.4, 0.5) is 0 Å². The molecule has 0 aromatic rings. The number of rotatable bonds is 7. The summed E-state index contributed by atoms with van der Waals surface area (Å²) >= 11 is 1.94. The number of hydrogen-bond acceptors (Lipinski definition) is 3. The van der Waals surface area contributed by atoms with Crippen molar-refractivity contribution in [2.45, 2.75) is 58.0 Å². The Balaban J connectivity index is 2.10. The lowest BCUT2D eigenvalue weighted by atomic mass is 10.1. The first-order valence-electron chi connectivity index (χ1n) is 6.83. The van der Waals surface area contributed by atoms with E-state index in [1.165, 1.54) is 25.0 Å². The van der Waals surface area contributed by atoms with Crippen molar-refractivity contribution < 1.29 is 4.79 Å². The molecule has 1 fully saturated rings. The van der Waals surface area contributed by atoms with E-state index in [0.29, 0.717) is 18.5 Å². The number of amides is 1. The molecule has 2 atom stereocenters.